The van der Waals surface area contributed by atoms with Gasteiger partial charge in [0.25, 0.3) is 5.91 Å². The van der Waals surface area contributed by atoms with Crippen molar-refractivity contribution >= 4 is 34.2 Å². The zero-order valence-electron chi connectivity index (χ0n) is 18.3. The van der Waals surface area contributed by atoms with Crippen molar-refractivity contribution in [3.63, 3.8) is 0 Å². The molecule has 5 rings (SSSR count). The van der Waals surface area contributed by atoms with Crippen molar-refractivity contribution in [2.24, 2.45) is 5.10 Å². The van der Waals surface area contributed by atoms with E-state index in [9.17, 15) is 23.1 Å². The topological polar surface area (TPSA) is 92.4 Å². The smallest absolute Gasteiger partial charge is 0.435 e. The highest BCUT2D eigenvalue weighted by atomic mass is 32.1. The number of hydrogen-bond donors (Lipinski definition) is 2. The number of rotatable bonds is 5. The van der Waals surface area contributed by atoms with Crippen molar-refractivity contribution in [2.45, 2.75) is 6.18 Å². The minimum atomic E-state index is -4.66. The van der Waals surface area contributed by atoms with Gasteiger partial charge in [0.05, 0.1) is 11.9 Å². The number of nitrogens with one attached hydrogen (secondary N) is 1. The van der Waals surface area contributed by atoms with Crippen LogP contribution in [0.5, 0.6) is 5.75 Å². The van der Waals surface area contributed by atoms with Crippen LogP contribution in [0.1, 0.15) is 21.7 Å². The molecule has 0 radical (unpaired) electrons. The van der Waals surface area contributed by atoms with Gasteiger partial charge < -0.3 is 5.11 Å². The van der Waals surface area contributed by atoms with Crippen molar-refractivity contribution in [3.8, 4) is 22.1 Å². The van der Waals surface area contributed by atoms with Crippen molar-refractivity contribution in [1.82, 2.24) is 20.2 Å². The normalized spacial score (nSPS) is 11.9. The number of halogens is 3. The lowest BCUT2D eigenvalue weighted by Gasteiger charge is -2.06. The summed E-state index contributed by atoms with van der Waals surface area (Å²) in [6, 6.07) is 20.0. The molecule has 36 heavy (non-hydrogen) atoms. The lowest BCUT2D eigenvalue weighted by Crippen LogP contribution is -2.18. The van der Waals surface area contributed by atoms with Crippen LogP contribution < -0.4 is 5.43 Å². The minimum absolute atomic E-state index is 0.0309. The Morgan fingerprint density at radius 2 is 1.83 bits per heavy atom. The Morgan fingerprint density at radius 3 is 2.61 bits per heavy atom. The van der Waals surface area contributed by atoms with Gasteiger partial charge in [0.15, 0.2) is 5.69 Å². The Labute approximate surface area is 206 Å². The fraction of sp³-hybridized carbons (Fsp3) is 0.0400. The Morgan fingerprint density at radius 1 is 1.03 bits per heavy atom. The summed E-state index contributed by atoms with van der Waals surface area (Å²) in [5, 5.41) is 20.4. The molecule has 0 aliphatic carbocycles. The van der Waals surface area contributed by atoms with Crippen molar-refractivity contribution in [1.29, 1.82) is 0 Å². The number of nitrogens with zero attached hydrogens (tertiary/aromatic N) is 4. The van der Waals surface area contributed by atoms with Crippen molar-refractivity contribution < 1.29 is 23.1 Å². The molecule has 5 aromatic rings. The van der Waals surface area contributed by atoms with Gasteiger partial charge in [0.2, 0.25) is 5.13 Å². The summed E-state index contributed by atoms with van der Waals surface area (Å²) in [5.41, 5.74) is 2.49. The van der Waals surface area contributed by atoms with Crippen LogP contribution in [-0.2, 0) is 6.18 Å². The maximum Gasteiger partial charge on any atom is 0.435 e. The molecule has 7 nitrogen and oxygen atoms in total. The van der Waals surface area contributed by atoms with Gasteiger partial charge in [0, 0.05) is 10.9 Å². The zero-order valence-corrected chi connectivity index (χ0v) is 19.1. The third-order valence-corrected chi connectivity index (χ3v) is 6.02. The highest BCUT2D eigenvalue weighted by molar-refractivity contribution is 7.12. The first-order valence-electron chi connectivity index (χ1n) is 10.5. The Hall–Kier alpha value is -4.51. The summed E-state index contributed by atoms with van der Waals surface area (Å²) in [7, 11) is 0. The van der Waals surface area contributed by atoms with E-state index >= 15 is 0 Å². The quantitative estimate of drug-likeness (QED) is 0.238. The van der Waals surface area contributed by atoms with Gasteiger partial charge in [-0.05, 0) is 40.6 Å². The van der Waals surface area contributed by atoms with Crippen molar-refractivity contribution in [3.05, 3.63) is 95.1 Å². The monoisotopic (exact) mass is 507 g/mol. The molecule has 0 aliphatic rings. The van der Waals surface area contributed by atoms with E-state index < -0.39 is 17.8 Å². The van der Waals surface area contributed by atoms with Gasteiger partial charge in [-0.3, -0.25) is 4.79 Å². The van der Waals surface area contributed by atoms with E-state index in [1.165, 1.54) is 23.7 Å². The van der Waals surface area contributed by atoms with Crippen LogP contribution in [0.2, 0.25) is 0 Å². The Balaban J connectivity index is 1.45. The number of phenols is 1. The molecule has 0 aliphatic heterocycles. The number of carbonyl (C=O) groups excluding carboxylic acids is 1. The molecule has 11 heteroatoms. The zero-order chi connectivity index (χ0) is 25.3. The average Bonchev–Trinajstić information content (AvgIpc) is 3.51. The van der Waals surface area contributed by atoms with E-state index in [1.54, 1.807) is 24.3 Å². The third kappa shape index (κ3) is 4.82. The number of aromatic hydroxyl groups is 1. The third-order valence-electron chi connectivity index (χ3n) is 5.20. The number of benzene rings is 3. The first kappa shape index (κ1) is 23.2. The number of amides is 1. The molecule has 3 aromatic carbocycles. The number of hydrazone groups is 1. The van der Waals surface area contributed by atoms with Crippen LogP contribution >= 0.6 is 11.3 Å². The van der Waals surface area contributed by atoms with E-state index in [0.29, 0.717) is 11.1 Å². The lowest BCUT2D eigenvalue weighted by molar-refractivity contribution is -0.141. The van der Waals surface area contributed by atoms with E-state index in [2.05, 4.69) is 20.6 Å². The average molecular weight is 507 g/mol. The molecule has 0 bridgehead atoms. The number of fused-ring (bicyclic) bond motifs is 1. The summed E-state index contributed by atoms with van der Waals surface area (Å²) < 4.78 is 41.6. The minimum Gasteiger partial charge on any atom is -0.508 e. The van der Waals surface area contributed by atoms with Gasteiger partial charge in [-0.1, -0.05) is 48.5 Å². The molecule has 0 atom stereocenters. The highest BCUT2D eigenvalue weighted by Gasteiger charge is 2.35. The van der Waals surface area contributed by atoms with Crippen LogP contribution in [0.4, 0.5) is 13.2 Å². The largest absolute Gasteiger partial charge is 0.508 e. The lowest BCUT2D eigenvalue weighted by atomic mass is 10.0. The number of thiazole rings is 1. The fourth-order valence-corrected chi connectivity index (χ4v) is 4.28. The number of aromatic nitrogens is 3. The van der Waals surface area contributed by atoms with E-state index in [1.807, 2.05) is 30.3 Å². The summed E-state index contributed by atoms with van der Waals surface area (Å²) in [6.07, 6.45) is -3.32. The summed E-state index contributed by atoms with van der Waals surface area (Å²) in [4.78, 5) is 16.7. The molecule has 1 amide bonds. The predicted octanol–water partition coefficient (Wildman–Crippen LogP) is 5.64. The molecule has 0 fully saturated rings. The maximum absolute atomic E-state index is 13.5. The second-order valence-electron chi connectivity index (χ2n) is 7.70. The molecule has 2 aromatic heterocycles. The predicted molar refractivity (Wildman–Crippen MR) is 130 cm³/mol. The molecule has 2 N–H and O–H groups in total. The molecule has 0 saturated carbocycles. The van der Waals surface area contributed by atoms with E-state index in [4.69, 9.17) is 0 Å². The summed E-state index contributed by atoms with van der Waals surface area (Å²) in [6.45, 7) is 0. The molecule has 0 saturated heterocycles. The summed E-state index contributed by atoms with van der Waals surface area (Å²) >= 11 is 0.975. The number of hydrogen-bond acceptors (Lipinski definition) is 6. The number of phenolic OH excluding ortho intramolecular Hbond substituents is 1. The number of alkyl halides is 3. The molecule has 2 heterocycles. The van der Waals surface area contributed by atoms with Gasteiger partial charge in [-0.2, -0.15) is 23.4 Å². The van der Waals surface area contributed by atoms with Crippen LogP contribution in [0, 0.1) is 0 Å². The van der Waals surface area contributed by atoms with Crippen molar-refractivity contribution in [2.75, 3.05) is 0 Å². The van der Waals surface area contributed by atoms with Gasteiger partial charge >= 0.3 is 6.18 Å². The number of carbonyl (C=O) groups is 1. The standard InChI is InChI=1S/C25H16F3N5O2S/c26-25(27,28)22-12-21(18-9-8-16-5-1-2-6-17(16)11-18)33(32-22)24-30-20(14-36-24)23(35)31-29-13-15-4-3-7-19(34)10-15/h1-14,34H,(H,31,35)/b29-13-. The van der Waals surface area contributed by atoms with Gasteiger partial charge in [-0.15, -0.1) is 11.3 Å². The Bertz CT molecular complexity index is 1610. The molecule has 180 valence electrons. The maximum atomic E-state index is 13.5. The van der Waals surface area contributed by atoms with E-state index in [0.717, 1.165) is 32.9 Å². The second-order valence-corrected chi connectivity index (χ2v) is 8.53. The molecule has 0 spiro atoms. The van der Waals surface area contributed by atoms with Crippen LogP contribution in [0.25, 0.3) is 27.2 Å². The molecular formula is C25H16F3N5O2S. The highest BCUT2D eigenvalue weighted by Crippen LogP contribution is 2.34. The van der Waals surface area contributed by atoms with Gasteiger partial charge in [0.1, 0.15) is 11.4 Å². The Kier molecular flexibility index (Phi) is 5.98. The summed E-state index contributed by atoms with van der Waals surface area (Å²) in [5.74, 6) is -0.599. The van der Waals surface area contributed by atoms with E-state index in [-0.39, 0.29) is 22.3 Å². The van der Waals surface area contributed by atoms with Crippen LogP contribution in [0.15, 0.2) is 83.3 Å². The molecular weight excluding hydrogens is 491 g/mol. The first-order chi connectivity index (χ1) is 17.3. The fourth-order valence-electron chi connectivity index (χ4n) is 3.51. The SMILES string of the molecule is O=C(N/N=C\c1cccc(O)c1)c1csc(-n2nc(C(F)(F)F)cc2-c2ccc3ccccc3c2)n1. The van der Waals surface area contributed by atoms with Gasteiger partial charge in [-0.25, -0.2) is 15.1 Å². The molecule has 0 unspecified atom stereocenters. The first-order valence-corrected chi connectivity index (χ1v) is 11.4. The van der Waals surface area contributed by atoms with Crippen LogP contribution in [-0.4, -0.2) is 32.0 Å². The van der Waals surface area contributed by atoms with Crippen LogP contribution in [0.3, 0.4) is 0 Å². The second kappa shape index (κ2) is 9.27.